The van der Waals surface area contributed by atoms with Gasteiger partial charge < -0.3 is 0 Å². The van der Waals surface area contributed by atoms with E-state index in [1.807, 2.05) is 0 Å². The molecule has 0 aliphatic heterocycles. The highest BCUT2D eigenvalue weighted by molar-refractivity contribution is 5.26. The summed E-state index contributed by atoms with van der Waals surface area (Å²) in [4.78, 5) is 1.34. The van der Waals surface area contributed by atoms with Gasteiger partial charge in [-0.25, -0.2) is 4.39 Å². The van der Waals surface area contributed by atoms with Crippen LogP contribution in [0.15, 0.2) is 5.11 Å². The minimum Gasteiger partial charge on any atom is -0.223 e. The van der Waals surface area contributed by atoms with Crippen molar-refractivity contribution in [2.45, 2.75) is 23.6 Å². The van der Waals surface area contributed by atoms with Gasteiger partial charge in [0.05, 0.1) is 0 Å². The van der Waals surface area contributed by atoms with E-state index in [0.717, 1.165) is 0 Å². The minimum absolute atomic E-state index is 1.34. The summed E-state index contributed by atoms with van der Waals surface area (Å²) in [6.45, 7) is 0. The molecule has 0 aromatic heterocycles. The molecular formula is C4F7N3. The van der Waals surface area contributed by atoms with E-state index in [1.165, 1.54) is 10.0 Å². The van der Waals surface area contributed by atoms with E-state index in [1.54, 1.807) is 0 Å². The topological polar surface area (TPSA) is 48.8 Å². The van der Waals surface area contributed by atoms with Crippen molar-refractivity contribution in [2.24, 2.45) is 5.11 Å². The molecule has 1 aliphatic carbocycles. The molecule has 1 rings (SSSR count). The largest absolute Gasteiger partial charge is 0.379 e. The molecule has 3 nitrogen and oxygen atoms in total. The molecule has 10 heteroatoms. The fourth-order valence-corrected chi connectivity index (χ4v) is 0.935. The molecule has 0 N–H and O–H groups in total. The summed E-state index contributed by atoms with van der Waals surface area (Å²) in [7, 11) is 0. The molecule has 0 spiro atoms. The molecule has 0 aromatic carbocycles. The maximum Gasteiger partial charge on any atom is 0.379 e. The molecule has 1 fully saturated rings. The molecule has 0 saturated heterocycles. The van der Waals surface area contributed by atoms with Gasteiger partial charge in [-0.15, -0.1) is 0 Å². The van der Waals surface area contributed by atoms with Crippen LogP contribution in [-0.2, 0) is 0 Å². The Balaban J connectivity index is 3.31. The third-order valence-corrected chi connectivity index (χ3v) is 1.80. The second-order valence-corrected chi connectivity index (χ2v) is 2.53. The zero-order chi connectivity index (χ0) is 11.4. The van der Waals surface area contributed by atoms with E-state index >= 15 is 0 Å². The average molecular weight is 223 g/mol. The molecule has 1 saturated carbocycles. The first-order chi connectivity index (χ1) is 6.06. The summed E-state index contributed by atoms with van der Waals surface area (Å²) < 4.78 is 85.2. The number of rotatable bonds is 1. The maximum absolute atomic E-state index is 12.6. The molecule has 0 bridgehead atoms. The lowest BCUT2D eigenvalue weighted by atomic mass is 9.76. The van der Waals surface area contributed by atoms with Crippen LogP contribution in [0.5, 0.6) is 0 Å². The molecule has 80 valence electrons. The summed E-state index contributed by atoms with van der Waals surface area (Å²) in [5.74, 6) is -22.5. The molecule has 0 unspecified atom stereocenters. The van der Waals surface area contributed by atoms with E-state index in [2.05, 4.69) is 0 Å². The standard InChI is InChI=1S/C4F7N3/c5-1(6)2(7,8)4(11,13-14-12)3(1,9)10. The minimum atomic E-state index is -5.86. The zero-order valence-corrected chi connectivity index (χ0v) is 5.99. The van der Waals surface area contributed by atoms with Gasteiger partial charge in [0, 0.05) is 4.91 Å². The molecule has 0 aromatic rings. The van der Waals surface area contributed by atoms with Crippen LogP contribution in [-0.4, -0.2) is 23.6 Å². The second kappa shape index (κ2) is 2.25. The smallest absolute Gasteiger partial charge is 0.223 e. The van der Waals surface area contributed by atoms with Crippen LogP contribution < -0.4 is 0 Å². The summed E-state index contributed by atoms with van der Waals surface area (Å²) in [6, 6.07) is 0. The van der Waals surface area contributed by atoms with Gasteiger partial charge in [0.2, 0.25) is 0 Å². The Labute approximate surface area is 71.1 Å². The van der Waals surface area contributed by atoms with Crippen LogP contribution in [0.3, 0.4) is 0 Å². The van der Waals surface area contributed by atoms with Crippen LogP contribution in [0, 0.1) is 0 Å². The molecule has 0 atom stereocenters. The molecule has 0 amide bonds. The lowest BCUT2D eigenvalue weighted by molar-refractivity contribution is -0.471. The van der Waals surface area contributed by atoms with Crippen molar-refractivity contribution in [3.05, 3.63) is 10.4 Å². The van der Waals surface area contributed by atoms with E-state index < -0.39 is 23.6 Å². The second-order valence-electron chi connectivity index (χ2n) is 2.53. The van der Waals surface area contributed by atoms with Crippen molar-refractivity contribution in [1.29, 1.82) is 0 Å². The van der Waals surface area contributed by atoms with Crippen molar-refractivity contribution in [1.82, 2.24) is 0 Å². The average Bonchev–Trinajstić information content (AvgIpc) is 2.02. The molecule has 0 heterocycles. The van der Waals surface area contributed by atoms with Crippen LogP contribution in [0.4, 0.5) is 30.7 Å². The number of hydrogen-bond acceptors (Lipinski definition) is 1. The predicted molar refractivity (Wildman–Crippen MR) is 27.8 cm³/mol. The lowest BCUT2D eigenvalue weighted by Gasteiger charge is -2.51. The van der Waals surface area contributed by atoms with Gasteiger partial charge in [0.25, 0.3) is 0 Å². The van der Waals surface area contributed by atoms with Crippen molar-refractivity contribution >= 4 is 0 Å². The van der Waals surface area contributed by atoms with E-state index in [4.69, 9.17) is 5.53 Å². The summed E-state index contributed by atoms with van der Waals surface area (Å²) in [5.41, 5.74) is 7.51. The van der Waals surface area contributed by atoms with Gasteiger partial charge in [0.1, 0.15) is 0 Å². The Bertz CT molecular complexity index is 299. The first-order valence-corrected chi connectivity index (χ1v) is 2.95. The first-order valence-electron chi connectivity index (χ1n) is 2.95. The Morgan fingerprint density at radius 2 is 1.14 bits per heavy atom. The summed E-state index contributed by atoms with van der Waals surface area (Å²) in [6.07, 6.45) is 0. The van der Waals surface area contributed by atoms with Gasteiger partial charge in [-0.3, -0.25) is 0 Å². The van der Waals surface area contributed by atoms with E-state index in [-0.39, 0.29) is 0 Å². The van der Waals surface area contributed by atoms with Crippen LogP contribution in [0.25, 0.3) is 10.4 Å². The highest BCUT2D eigenvalue weighted by atomic mass is 19.4. The van der Waals surface area contributed by atoms with Gasteiger partial charge in [-0.1, -0.05) is 0 Å². The van der Waals surface area contributed by atoms with Crippen molar-refractivity contribution in [3.8, 4) is 0 Å². The fourth-order valence-electron chi connectivity index (χ4n) is 0.935. The summed E-state index contributed by atoms with van der Waals surface area (Å²) in [5, 5.41) is 1.40. The highest BCUT2D eigenvalue weighted by Gasteiger charge is 3.00. The third kappa shape index (κ3) is 0.692. The number of halogens is 7. The van der Waals surface area contributed by atoms with Gasteiger partial charge in [-0.05, 0) is 10.6 Å². The van der Waals surface area contributed by atoms with E-state index in [9.17, 15) is 30.7 Å². The lowest BCUT2D eigenvalue weighted by Crippen LogP contribution is -2.83. The first kappa shape index (κ1) is 10.9. The van der Waals surface area contributed by atoms with E-state index in [0.29, 0.717) is 0 Å². The highest BCUT2D eigenvalue weighted by Crippen LogP contribution is 2.69. The number of hydrogen-bond donors (Lipinski definition) is 0. The number of alkyl halides is 7. The Morgan fingerprint density at radius 1 is 0.786 bits per heavy atom. The van der Waals surface area contributed by atoms with Gasteiger partial charge in [0.15, 0.2) is 0 Å². The quantitative estimate of drug-likeness (QED) is 0.216. The van der Waals surface area contributed by atoms with Crippen molar-refractivity contribution < 1.29 is 30.7 Å². The molecular weight excluding hydrogens is 223 g/mol. The van der Waals surface area contributed by atoms with Crippen LogP contribution >= 0.6 is 0 Å². The molecule has 14 heavy (non-hydrogen) atoms. The third-order valence-electron chi connectivity index (χ3n) is 1.80. The Morgan fingerprint density at radius 3 is 1.43 bits per heavy atom. The van der Waals surface area contributed by atoms with Gasteiger partial charge >= 0.3 is 23.6 Å². The Kier molecular flexibility index (Phi) is 1.75. The normalized spacial score (nSPS) is 29.9. The predicted octanol–water partition coefficient (Wildman–Crippen LogP) is 2.88. The van der Waals surface area contributed by atoms with Crippen LogP contribution in [0.2, 0.25) is 0 Å². The SMILES string of the molecule is [N-]=[N+]=NC1(F)C(F)(F)C(F)(F)C1(F)F. The van der Waals surface area contributed by atoms with Crippen molar-refractivity contribution in [3.63, 3.8) is 0 Å². The van der Waals surface area contributed by atoms with Gasteiger partial charge in [-0.2, -0.15) is 26.3 Å². The fraction of sp³-hybridized carbons (Fsp3) is 1.00. The molecule has 1 aliphatic rings. The molecule has 0 radical (unpaired) electrons. The van der Waals surface area contributed by atoms with Crippen LogP contribution in [0.1, 0.15) is 0 Å². The monoisotopic (exact) mass is 223 g/mol. The number of azide groups is 1. The zero-order valence-electron chi connectivity index (χ0n) is 5.99. The Hall–Kier alpha value is -1.18. The van der Waals surface area contributed by atoms with Crippen molar-refractivity contribution in [2.75, 3.05) is 0 Å². The number of nitrogens with zero attached hydrogens (tertiary/aromatic N) is 3. The maximum atomic E-state index is 12.6. The summed E-state index contributed by atoms with van der Waals surface area (Å²) >= 11 is 0.